The van der Waals surface area contributed by atoms with Crippen molar-refractivity contribution in [2.24, 2.45) is 0 Å². The van der Waals surface area contributed by atoms with E-state index in [1.807, 2.05) is 0 Å². The Hall–Kier alpha value is -1.64. The molecule has 0 saturated heterocycles. The van der Waals surface area contributed by atoms with Crippen LogP contribution in [0, 0.1) is 0 Å². The van der Waals surface area contributed by atoms with Crippen molar-refractivity contribution in [3.63, 3.8) is 0 Å². The standard InChI is InChI=1S/C6H6F3N3O3/c7-6(8,9)4-3(5(14)15)10-11-12(4)1-2-13/h13H,1-2H2,(H,14,15). The smallest absolute Gasteiger partial charge is 0.435 e. The summed E-state index contributed by atoms with van der Waals surface area (Å²) in [6.45, 7) is -1.05. The molecule has 0 unspecified atom stereocenters. The van der Waals surface area contributed by atoms with Gasteiger partial charge in [0.15, 0.2) is 5.69 Å². The predicted molar refractivity (Wildman–Crippen MR) is 39.1 cm³/mol. The number of carboxylic acid groups (broad SMARTS) is 1. The van der Waals surface area contributed by atoms with Gasteiger partial charge in [-0.05, 0) is 0 Å². The van der Waals surface area contributed by atoms with Crippen LogP contribution in [0.2, 0.25) is 0 Å². The van der Waals surface area contributed by atoms with Crippen LogP contribution in [0.4, 0.5) is 13.2 Å². The molecule has 0 aliphatic heterocycles. The summed E-state index contributed by atoms with van der Waals surface area (Å²) in [6, 6.07) is 0. The molecule has 1 rings (SSSR count). The molecule has 0 aromatic carbocycles. The average molecular weight is 225 g/mol. The third kappa shape index (κ3) is 2.24. The zero-order valence-electron chi connectivity index (χ0n) is 7.19. The van der Waals surface area contributed by atoms with E-state index in [9.17, 15) is 18.0 Å². The summed E-state index contributed by atoms with van der Waals surface area (Å²) >= 11 is 0. The summed E-state index contributed by atoms with van der Waals surface area (Å²) in [6.07, 6.45) is -4.87. The Labute approximate surface area is 80.9 Å². The number of aromatic carboxylic acids is 1. The minimum atomic E-state index is -4.87. The number of aliphatic hydroxyl groups excluding tert-OH is 1. The van der Waals surface area contributed by atoms with E-state index in [1.165, 1.54) is 0 Å². The summed E-state index contributed by atoms with van der Waals surface area (Å²) in [5.74, 6) is -1.81. The van der Waals surface area contributed by atoms with Gasteiger partial charge >= 0.3 is 12.1 Å². The van der Waals surface area contributed by atoms with Gasteiger partial charge in [0.25, 0.3) is 0 Å². The number of carboxylic acids is 1. The maximum atomic E-state index is 12.4. The third-order valence-corrected chi connectivity index (χ3v) is 1.52. The maximum absolute atomic E-state index is 12.4. The molecule has 0 fully saturated rings. The highest BCUT2D eigenvalue weighted by molar-refractivity contribution is 5.86. The molecule has 1 aromatic heterocycles. The van der Waals surface area contributed by atoms with Gasteiger partial charge in [-0.2, -0.15) is 13.2 Å². The van der Waals surface area contributed by atoms with E-state index in [1.54, 1.807) is 0 Å². The van der Waals surface area contributed by atoms with Gasteiger partial charge in [0.1, 0.15) is 0 Å². The van der Waals surface area contributed by atoms with Gasteiger partial charge in [0.2, 0.25) is 5.69 Å². The number of hydrogen-bond acceptors (Lipinski definition) is 4. The van der Waals surface area contributed by atoms with Crippen molar-refractivity contribution in [1.82, 2.24) is 15.0 Å². The first-order valence-electron chi connectivity index (χ1n) is 3.72. The highest BCUT2D eigenvalue weighted by Gasteiger charge is 2.41. The van der Waals surface area contributed by atoms with Crippen LogP contribution in [0.3, 0.4) is 0 Å². The average Bonchev–Trinajstić information content (AvgIpc) is 2.47. The molecule has 2 N–H and O–H groups in total. The summed E-state index contributed by atoms with van der Waals surface area (Å²) in [5, 5.41) is 22.8. The Balaban J connectivity index is 3.27. The van der Waals surface area contributed by atoms with E-state index >= 15 is 0 Å². The van der Waals surface area contributed by atoms with Crippen molar-refractivity contribution in [3.05, 3.63) is 11.4 Å². The van der Waals surface area contributed by atoms with Crippen molar-refractivity contribution in [1.29, 1.82) is 0 Å². The number of aliphatic hydroxyl groups is 1. The minimum absolute atomic E-state index is 0.309. The number of alkyl halides is 3. The molecule has 0 saturated carbocycles. The lowest BCUT2D eigenvalue weighted by Crippen LogP contribution is -2.19. The minimum Gasteiger partial charge on any atom is -0.476 e. The number of rotatable bonds is 3. The van der Waals surface area contributed by atoms with Gasteiger partial charge in [0.05, 0.1) is 13.2 Å². The summed E-state index contributed by atoms with van der Waals surface area (Å²) in [7, 11) is 0. The van der Waals surface area contributed by atoms with Crippen LogP contribution in [0.15, 0.2) is 0 Å². The van der Waals surface area contributed by atoms with E-state index in [2.05, 4.69) is 10.3 Å². The fourth-order valence-electron chi connectivity index (χ4n) is 0.989. The Bertz CT molecular complexity index is 373. The number of aromatic nitrogens is 3. The molecule has 0 aliphatic rings. The van der Waals surface area contributed by atoms with Crippen LogP contribution in [-0.2, 0) is 12.7 Å². The van der Waals surface area contributed by atoms with Gasteiger partial charge in [0, 0.05) is 0 Å². The molecule has 0 atom stereocenters. The Morgan fingerprint density at radius 1 is 1.47 bits per heavy atom. The van der Waals surface area contributed by atoms with E-state index in [-0.39, 0.29) is 0 Å². The van der Waals surface area contributed by atoms with Gasteiger partial charge < -0.3 is 10.2 Å². The largest absolute Gasteiger partial charge is 0.476 e. The second kappa shape index (κ2) is 3.85. The predicted octanol–water partition coefficient (Wildman–Crippen LogP) is -0.0126. The zero-order chi connectivity index (χ0) is 11.6. The molecule has 1 aromatic rings. The summed E-state index contributed by atoms with van der Waals surface area (Å²) in [4.78, 5) is 10.4. The lowest BCUT2D eigenvalue weighted by molar-refractivity contribution is -0.144. The molecule has 0 amide bonds. The summed E-state index contributed by atoms with van der Waals surface area (Å²) in [5.41, 5.74) is -2.64. The second-order valence-electron chi connectivity index (χ2n) is 2.54. The first-order valence-corrected chi connectivity index (χ1v) is 3.72. The Morgan fingerprint density at radius 2 is 2.07 bits per heavy atom. The Morgan fingerprint density at radius 3 is 2.47 bits per heavy atom. The number of carbonyl (C=O) groups is 1. The summed E-state index contributed by atoms with van der Waals surface area (Å²) < 4.78 is 37.4. The number of hydrogen-bond donors (Lipinski definition) is 2. The topological polar surface area (TPSA) is 88.2 Å². The first-order chi connectivity index (χ1) is 6.88. The highest BCUT2D eigenvalue weighted by Crippen LogP contribution is 2.30. The molecule has 1 heterocycles. The fraction of sp³-hybridized carbons (Fsp3) is 0.500. The molecule has 0 aliphatic carbocycles. The normalized spacial score (nSPS) is 11.7. The van der Waals surface area contributed by atoms with Crippen molar-refractivity contribution < 1.29 is 28.2 Å². The third-order valence-electron chi connectivity index (χ3n) is 1.52. The monoisotopic (exact) mass is 225 g/mol. The molecular weight excluding hydrogens is 219 g/mol. The molecule has 15 heavy (non-hydrogen) atoms. The molecule has 84 valence electrons. The SMILES string of the molecule is O=C(O)c1nnn(CCO)c1C(F)(F)F. The van der Waals surface area contributed by atoms with Crippen LogP contribution < -0.4 is 0 Å². The van der Waals surface area contributed by atoms with E-state index in [0.717, 1.165) is 0 Å². The van der Waals surface area contributed by atoms with Crippen molar-refractivity contribution in [2.45, 2.75) is 12.7 Å². The Kier molecular flexibility index (Phi) is 2.93. The molecule has 0 bridgehead atoms. The molecule has 9 heteroatoms. The highest BCUT2D eigenvalue weighted by atomic mass is 19.4. The van der Waals surface area contributed by atoms with Crippen molar-refractivity contribution in [2.75, 3.05) is 6.61 Å². The van der Waals surface area contributed by atoms with E-state index < -0.39 is 36.7 Å². The van der Waals surface area contributed by atoms with Gasteiger partial charge in [-0.1, -0.05) is 5.21 Å². The maximum Gasteiger partial charge on any atom is 0.435 e. The number of nitrogens with zero attached hydrogens (tertiary/aromatic N) is 3. The van der Waals surface area contributed by atoms with Crippen molar-refractivity contribution >= 4 is 5.97 Å². The quantitative estimate of drug-likeness (QED) is 0.755. The molecule has 0 radical (unpaired) electrons. The lowest BCUT2D eigenvalue weighted by atomic mass is 10.3. The fourth-order valence-corrected chi connectivity index (χ4v) is 0.989. The van der Waals surface area contributed by atoms with Crippen LogP contribution in [-0.4, -0.2) is 37.8 Å². The van der Waals surface area contributed by atoms with E-state index in [0.29, 0.717) is 4.68 Å². The van der Waals surface area contributed by atoms with Crippen molar-refractivity contribution in [3.8, 4) is 0 Å². The van der Waals surface area contributed by atoms with Crippen LogP contribution in [0.1, 0.15) is 16.2 Å². The number of halogens is 3. The van der Waals surface area contributed by atoms with Gasteiger partial charge in [-0.25, -0.2) is 9.48 Å². The van der Waals surface area contributed by atoms with Crippen LogP contribution in [0.25, 0.3) is 0 Å². The van der Waals surface area contributed by atoms with Gasteiger partial charge in [-0.15, -0.1) is 5.10 Å². The first kappa shape index (κ1) is 11.4. The molecule has 0 spiro atoms. The van der Waals surface area contributed by atoms with E-state index in [4.69, 9.17) is 10.2 Å². The molecular formula is C6H6F3N3O3. The van der Waals surface area contributed by atoms with Crippen LogP contribution >= 0.6 is 0 Å². The lowest BCUT2D eigenvalue weighted by Gasteiger charge is -2.08. The zero-order valence-corrected chi connectivity index (χ0v) is 7.19. The van der Waals surface area contributed by atoms with Crippen LogP contribution in [0.5, 0.6) is 0 Å². The molecule has 6 nitrogen and oxygen atoms in total. The second-order valence-corrected chi connectivity index (χ2v) is 2.54. The van der Waals surface area contributed by atoms with Gasteiger partial charge in [-0.3, -0.25) is 0 Å².